The van der Waals surface area contributed by atoms with Crippen LogP contribution in [0.15, 0.2) is 45.4 Å². The lowest BCUT2D eigenvalue weighted by molar-refractivity contribution is 0.0742. The van der Waals surface area contributed by atoms with Crippen LogP contribution in [0.2, 0.25) is 18.1 Å². The Kier molecular flexibility index (Phi) is 6.04. The molecule has 1 atom stereocenters. The van der Waals surface area contributed by atoms with Gasteiger partial charge < -0.3 is 18.8 Å². The summed E-state index contributed by atoms with van der Waals surface area (Å²) < 4.78 is 17.4. The highest BCUT2D eigenvalue weighted by molar-refractivity contribution is 6.74. The number of benzene rings is 1. The molecular formula is C24H32N4O4Si. The molecule has 9 heteroatoms. The van der Waals surface area contributed by atoms with E-state index in [1.807, 2.05) is 37.3 Å². The molecule has 1 fully saturated rings. The Labute approximate surface area is 195 Å². The Morgan fingerprint density at radius 1 is 1.15 bits per heavy atom. The summed E-state index contributed by atoms with van der Waals surface area (Å²) in [6.07, 6.45) is 2.12. The van der Waals surface area contributed by atoms with Crippen LogP contribution in [-0.2, 0) is 9.96 Å². The Morgan fingerprint density at radius 2 is 1.85 bits per heavy atom. The Morgan fingerprint density at radius 3 is 2.45 bits per heavy atom. The van der Waals surface area contributed by atoms with E-state index in [1.54, 1.807) is 6.07 Å². The summed E-state index contributed by atoms with van der Waals surface area (Å²) in [5.41, 5.74) is 0.388. The smallest absolute Gasteiger partial charge is 0.274 e. The van der Waals surface area contributed by atoms with Gasteiger partial charge in [-0.05, 0) is 44.3 Å². The van der Waals surface area contributed by atoms with Crippen molar-refractivity contribution in [3.63, 3.8) is 0 Å². The number of rotatable bonds is 7. The Bertz CT molecular complexity index is 1110. The third-order valence-electron chi connectivity index (χ3n) is 6.85. The molecule has 0 saturated heterocycles. The van der Waals surface area contributed by atoms with Crippen molar-refractivity contribution < 1.29 is 18.3 Å². The molecule has 2 aromatic heterocycles. The number of nitrogens with zero attached hydrogens (tertiary/aromatic N) is 3. The largest absolute Gasteiger partial charge is 0.407 e. The molecule has 1 unspecified atom stereocenters. The zero-order chi connectivity index (χ0) is 23.9. The summed E-state index contributed by atoms with van der Waals surface area (Å²) in [5.74, 6) is 1.13. The lowest BCUT2D eigenvalue weighted by atomic mass is 9.76. The van der Waals surface area contributed by atoms with Crippen LogP contribution in [0.1, 0.15) is 75.3 Å². The number of hydrogen-bond acceptors (Lipinski definition) is 7. The number of hydrogen-bond donors (Lipinski definition) is 1. The molecule has 0 spiro atoms. The van der Waals surface area contributed by atoms with E-state index in [4.69, 9.17) is 13.5 Å². The highest BCUT2D eigenvalue weighted by Gasteiger charge is 2.46. The second-order valence-electron chi connectivity index (χ2n) is 10.3. The van der Waals surface area contributed by atoms with E-state index in [2.05, 4.69) is 54.5 Å². The Balaban J connectivity index is 1.48. The molecule has 0 aliphatic heterocycles. The van der Waals surface area contributed by atoms with Gasteiger partial charge in [0.2, 0.25) is 0 Å². The second kappa shape index (κ2) is 8.53. The van der Waals surface area contributed by atoms with Crippen LogP contribution in [-0.4, -0.2) is 29.5 Å². The van der Waals surface area contributed by atoms with Gasteiger partial charge in [-0.3, -0.25) is 4.79 Å². The number of carbonyl (C=O) groups is 1. The molecule has 1 aliphatic rings. The highest BCUT2D eigenvalue weighted by atomic mass is 28.4. The van der Waals surface area contributed by atoms with E-state index < -0.39 is 13.9 Å². The molecule has 0 radical (unpaired) electrons. The van der Waals surface area contributed by atoms with Crippen molar-refractivity contribution >= 4 is 14.2 Å². The number of amides is 1. The summed E-state index contributed by atoms with van der Waals surface area (Å²) in [7, 11) is -1.99. The van der Waals surface area contributed by atoms with Gasteiger partial charge in [0, 0.05) is 11.6 Å². The Hall–Kier alpha value is -2.78. The van der Waals surface area contributed by atoms with E-state index in [0.717, 1.165) is 24.8 Å². The summed E-state index contributed by atoms with van der Waals surface area (Å²) >= 11 is 0. The summed E-state index contributed by atoms with van der Waals surface area (Å²) in [4.78, 5) is 17.6. The normalized spacial score (nSPS) is 16.8. The van der Waals surface area contributed by atoms with Crippen molar-refractivity contribution in [3.8, 4) is 11.3 Å². The first kappa shape index (κ1) is 23.4. The van der Waals surface area contributed by atoms with Crippen molar-refractivity contribution in [2.75, 3.05) is 0 Å². The fraction of sp³-hybridized carbons (Fsp3) is 0.500. The monoisotopic (exact) mass is 468 g/mol. The fourth-order valence-corrected chi connectivity index (χ4v) is 4.93. The third kappa shape index (κ3) is 4.65. The average Bonchev–Trinajstić information content (AvgIpc) is 3.40. The first-order valence-corrected chi connectivity index (χ1v) is 14.3. The maximum atomic E-state index is 13.0. The van der Waals surface area contributed by atoms with Crippen LogP contribution in [0.25, 0.3) is 11.3 Å². The molecule has 2 heterocycles. The van der Waals surface area contributed by atoms with Crippen LogP contribution in [0, 0.1) is 0 Å². The predicted molar refractivity (Wildman–Crippen MR) is 126 cm³/mol. The van der Waals surface area contributed by atoms with E-state index in [-0.39, 0.29) is 22.7 Å². The molecule has 8 nitrogen and oxygen atoms in total. The minimum atomic E-state index is -1.99. The van der Waals surface area contributed by atoms with Crippen molar-refractivity contribution in [3.05, 3.63) is 53.8 Å². The molecule has 1 aliphatic carbocycles. The fourth-order valence-electron chi connectivity index (χ4n) is 3.59. The second-order valence-corrected chi connectivity index (χ2v) is 15.1. The van der Waals surface area contributed by atoms with Gasteiger partial charge in [0.1, 0.15) is 11.6 Å². The van der Waals surface area contributed by atoms with Crippen LogP contribution < -0.4 is 5.32 Å². The quantitative estimate of drug-likeness (QED) is 0.449. The van der Waals surface area contributed by atoms with Crippen LogP contribution in [0.3, 0.4) is 0 Å². The minimum Gasteiger partial charge on any atom is -0.407 e. The molecular weight excluding hydrogens is 436 g/mol. The minimum absolute atomic E-state index is 0.0766. The van der Waals surface area contributed by atoms with Gasteiger partial charge in [-0.25, -0.2) is 0 Å². The number of aromatic nitrogens is 3. The lowest BCUT2D eigenvalue weighted by Crippen LogP contribution is -2.51. The zero-order valence-corrected chi connectivity index (χ0v) is 21.1. The van der Waals surface area contributed by atoms with Crippen LogP contribution in [0.5, 0.6) is 0 Å². The van der Waals surface area contributed by atoms with Crippen LogP contribution >= 0.6 is 0 Å². The van der Waals surface area contributed by atoms with Gasteiger partial charge >= 0.3 is 0 Å². The van der Waals surface area contributed by atoms with Gasteiger partial charge in [-0.15, -0.1) is 0 Å². The topological polar surface area (TPSA) is 103 Å². The highest BCUT2D eigenvalue weighted by Crippen LogP contribution is 2.42. The third-order valence-corrected chi connectivity index (χ3v) is 11.4. The van der Waals surface area contributed by atoms with E-state index >= 15 is 0 Å². The van der Waals surface area contributed by atoms with Gasteiger partial charge in [0.15, 0.2) is 25.6 Å². The number of nitrogens with one attached hydrogen (secondary N) is 1. The van der Waals surface area contributed by atoms with Crippen molar-refractivity contribution in [1.29, 1.82) is 0 Å². The zero-order valence-electron chi connectivity index (χ0n) is 20.1. The van der Waals surface area contributed by atoms with Gasteiger partial charge in [-0.1, -0.05) is 61.4 Å². The molecule has 176 valence electrons. The number of carbonyl (C=O) groups excluding carboxylic acids is 1. The standard InChI is InChI=1S/C24H32N4O4Si/c1-16(32-33(5,6)23(2,3)4)20-25-22(31-28-20)24(13-10-14-24)26-21(29)18-15-19(30-27-18)17-11-8-7-9-12-17/h7-9,11-12,15-16H,10,13-14H2,1-6H3,(H,26,29). The molecule has 33 heavy (non-hydrogen) atoms. The maximum Gasteiger partial charge on any atom is 0.274 e. The van der Waals surface area contributed by atoms with Crippen molar-refractivity contribution in [2.45, 2.75) is 76.7 Å². The molecule has 1 N–H and O–H groups in total. The van der Waals surface area contributed by atoms with Gasteiger partial charge in [-0.2, -0.15) is 4.98 Å². The molecule has 1 aromatic carbocycles. The van der Waals surface area contributed by atoms with Crippen molar-refractivity contribution in [2.24, 2.45) is 0 Å². The first-order valence-electron chi connectivity index (χ1n) is 11.4. The predicted octanol–water partition coefficient (Wildman–Crippen LogP) is 5.62. The summed E-state index contributed by atoms with van der Waals surface area (Å²) in [5, 5.41) is 11.3. The van der Waals surface area contributed by atoms with Crippen molar-refractivity contribution in [1.82, 2.24) is 20.6 Å². The summed E-state index contributed by atoms with van der Waals surface area (Å²) in [6, 6.07) is 11.2. The summed E-state index contributed by atoms with van der Waals surface area (Å²) in [6.45, 7) is 12.9. The molecule has 1 amide bonds. The molecule has 1 saturated carbocycles. The average molecular weight is 469 g/mol. The lowest BCUT2D eigenvalue weighted by Gasteiger charge is -2.39. The van der Waals surface area contributed by atoms with E-state index in [1.165, 1.54) is 0 Å². The first-order chi connectivity index (χ1) is 15.5. The molecule has 4 rings (SSSR count). The van der Waals surface area contributed by atoms with Gasteiger partial charge in [0.05, 0.1) is 0 Å². The van der Waals surface area contributed by atoms with E-state index in [9.17, 15) is 4.79 Å². The maximum absolute atomic E-state index is 13.0. The molecule has 3 aromatic rings. The van der Waals surface area contributed by atoms with Gasteiger partial charge in [0.25, 0.3) is 11.8 Å². The van der Waals surface area contributed by atoms with E-state index in [0.29, 0.717) is 17.5 Å². The molecule has 0 bridgehead atoms. The SMILES string of the molecule is CC(O[Si](C)(C)C(C)(C)C)c1noc(C2(NC(=O)c3cc(-c4ccccc4)on3)CCC2)n1. The van der Waals surface area contributed by atoms with Crippen LogP contribution in [0.4, 0.5) is 0 Å².